The zero-order chi connectivity index (χ0) is 19.5. The summed E-state index contributed by atoms with van der Waals surface area (Å²) in [7, 11) is 0. The van der Waals surface area contributed by atoms with E-state index in [1.165, 1.54) is 43.2 Å². The van der Waals surface area contributed by atoms with Gasteiger partial charge in [-0.15, -0.1) is 0 Å². The van der Waals surface area contributed by atoms with E-state index in [0.717, 1.165) is 41.7 Å². The zero-order valence-electron chi connectivity index (χ0n) is 17.1. The highest BCUT2D eigenvalue weighted by atomic mass is 16.3. The first-order chi connectivity index (χ1) is 13.6. The summed E-state index contributed by atoms with van der Waals surface area (Å²) < 4.78 is 0. The van der Waals surface area contributed by atoms with Gasteiger partial charge < -0.3 is 10.2 Å². The molecule has 0 aromatic heterocycles. The third-order valence-corrected chi connectivity index (χ3v) is 8.47. The standard InChI is InChI=1S/C26H32O2/c1-3-16-12-19(8-10-24(16)27)26(20-9-11-25(28)17(4-2)13-20)15-18-14-23(26)22-7-5-6-21(18)22/h8-13,18,21-23,27-28H,3-7,14-15H2,1-2H3. The van der Waals surface area contributed by atoms with Gasteiger partial charge in [0.2, 0.25) is 0 Å². The van der Waals surface area contributed by atoms with Crippen molar-refractivity contribution in [1.82, 2.24) is 0 Å². The Morgan fingerprint density at radius 2 is 1.43 bits per heavy atom. The van der Waals surface area contributed by atoms with E-state index in [9.17, 15) is 10.2 Å². The van der Waals surface area contributed by atoms with Gasteiger partial charge in [0.25, 0.3) is 0 Å². The van der Waals surface area contributed by atoms with Crippen LogP contribution in [0.4, 0.5) is 0 Å². The topological polar surface area (TPSA) is 40.5 Å². The average Bonchev–Trinajstić information content (AvgIpc) is 3.41. The highest BCUT2D eigenvalue weighted by Gasteiger charge is 2.61. The number of hydrogen-bond donors (Lipinski definition) is 2. The second-order valence-electron chi connectivity index (χ2n) is 9.43. The van der Waals surface area contributed by atoms with E-state index in [0.29, 0.717) is 17.4 Å². The van der Waals surface area contributed by atoms with E-state index in [1.807, 2.05) is 12.1 Å². The van der Waals surface area contributed by atoms with Crippen LogP contribution in [0.15, 0.2) is 36.4 Å². The number of phenols is 2. The molecule has 0 aliphatic heterocycles. The molecule has 28 heavy (non-hydrogen) atoms. The first kappa shape index (κ1) is 18.1. The molecule has 5 rings (SSSR count). The van der Waals surface area contributed by atoms with Crippen LogP contribution < -0.4 is 0 Å². The van der Waals surface area contributed by atoms with E-state index >= 15 is 0 Å². The fourth-order valence-electron chi connectivity index (χ4n) is 7.27. The van der Waals surface area contributed by atoms with Crippen LogP contribution in [0.3, 0.4) is 0 Å². The molecule has 4 unspecified atom stereocenters. The number of benzene rings is 2. The molecule has 2 aromatic carbocycles. The minimum atomic E-state index is 0.0331. The van der Waals surface area contributed by atoms with Gasteiger partial charge in [0.05, 0.1) is 0 Å². The lowest BCUT2D eigenvalue weighted by atomic mass is 9.59. The third-order valence-electron chi connectivity index (χ3n) is 8.47. The lowest BCUT2D eigenvalue weighted by Crippen LogP contribution is -2.40. The predicted octanol–water partition coefficient (Wildman–Crippen LogP) is 5.96. The maximum Gasteiger partial charge on any atom is 0.118 e. The van der Waals surface area contributed by atoms with Crippen molar-refractivity contribution in [3.05, 3.63) is 58.7 Å². The molecule has 0 heterocycles. The normalized spacial score (nSPS) is 29.9. The van der Waals surface area contributed by atoms with Crippen LogP contribution in [0.25, 0.3) is 0 Å². The number of aromatic hydroxyl groups is 2. The predicted molar refractivity (Wildman–Crippen MR) is 113 cm³/mol. The van der Waals surface area contributed by atoms with Gasteiger partial charge in [-0.05, 0) is 96.6 Å². The summed E-state index contributed by atoms with van der Waals surface area (Å²) in [5.74, 6) is 4.13. The van der Waals surface area contributed by atoms with Gasteiger partial charge in [0.15, 0.2) is 0 Å². The Morgan fingerprint density at radius 3 is 2.00 bits per heavy atom. The summed E-state index contributed by atoms with van der Waals surface area (Å²) in [6, 6.07) is 12.7. The van der Waals surface area contributed by atoms with E-state index in [-0.39, 0.29) is 5.41 Å². The van der Waals surface area contributed by atoms with E-state index in [2.05, 4.69) is 38.1 Å². The Morgan fingerprint density at radius 1 is 0.857 bits per heavy atom. The first-order valence-corrected chi connectivity index (χ1v) is 11.2. The van der Waals surface area contributed by atoms with Gasteiger partial charge in [-0.25, -0.2) is 0 Å². The maximum absolute atomic E-state index is 10.3. The summed E-state index contributed by atoms with van der Waals surface area (Å²) in [4.78, 5) is 0. The highest BCUT2D eigenvalue weighted by molar-refractivity contribution is 5.50. The van der Waals surface area contributed by atoms with E-state index in [4.69, 9.17) is 0 Å². The first-order valence-electron chi connectivity index (χ1n) is 11.2. The van der Waals surface area contributed by atoms with Crippen molar-refractivity contribution in [3.63, 3.8) is 0 Å². The van der Waals surface area contributed by atoms with Crippen molar-refractivity contribution in [3.8, 4) is 11.5 Å². The molecule has 3 aliphatic carbocycles. The van der Waals surface area contributed by atoms with Gasteiger partial charge in [-0.3, -0.25) is 0 Å². The van der Waals surface area contributed by atoms with Crippen LogP contribution in [0.1, 0.15) is 68.2 Å². The van der Waals surface area contributed by atoms with Crippen LogP contribution in [0, 0.1) is 23.7 Å². The number of fused-ring (bicyclic) bond motifs is 5. The average molecular weight is 377 g/mol. The van der Waals surface area contributed by atoms with Crippen molar-refractivity contribution in [1.29, 1.82) is 0 Å². The third kappa shape index (κ3) is 2.39. The molecule has 3 saturated carbocycles. The largest absolute Gasteiger partial charge is 0.508 e. The van der Waals surface area contributed by atoms with Crippen molar-refractivity contribution in [2.45, 2.75) is 64.2 Å². The number of rotatable bonds is 4. The molecule has 2 heteroatoms. The minimum absolute atomic E-state index is 0.0331. The van der Waals surface area contributed by atoms with Crippen LogP contribution in [-0.2, 0) is 18.3 Å². The summed E-state index contributed by atoms with van der Waals surface area (Å²) in [6.07, 6.45) is 8.47. The molecule has 3 fully saturated rings. The van der Waals surface area contributed by atoms with Crippen molar-refractivity contribution in [2.75, 3.05) is 0 Å². The molecule has 0 spiro atoms. The maximum atomic E-state index is 10.3. The molecule has 0 radical (unpaired) electrons. The highest BCUT2D eigenvalue weighted by Crippen LogP contribution is 2.68. The number of hydrogen-bond acceptors (Lipinski definition) is 2. The smallest absolute Gasteiger partial charge is 0.118 e. The van der Waals surface area contributed by atoms with Crippen LogP contribution in [0.2, 0.25) is 0 Å². The van der Waals surface area contributed by atoms with Gasteiger partial charge in [-0.2, -0.15) is 0 Å². The number of phenolic OH excluding ortho intramolecular Hbond substituents is 2. The monoisotopic (exact) mass is 376 g/mol. The summed E-state index contributed by atoms with van der Waals surface area (Å²) in [6.45, 7) is 4.24. The van der Waals surface area contributed by atoms with Crippen molar-refractivity contribution in [2.24, 2.45) is 23.7 Å². The van der Waals surface area contributed by atoms with Crippen LogP contribution >= 0.6 is 0 Å². The Bertz CT molecular complexity index is 846. The molecule has 2 N–H and O–H groups in total. The van der Waals surface area contributed by atoms with E-state index < -0.39 is 0 Å². The molecular weight excluding hydrogens is 344 g/mol. The molecular formula is C26H32O2. The fraction of sp³-hybridized carbons (Fsp3) is 0.538. The molecule has 0 amide bonds. The lowest BCUT2D eigenvalue weighted by molar-refractivity contribution is 0.181. The van der Waals surface area contributed by atoms with Crippen LogP contribution in [0.5, 0.6) is 11.5 Å². The Kier molecular flexibility index (Phi) is 4.23. The molecule has 3 aliphatic rings. The minimum Gasteiger partial charge on any atom is -0.508 e. The lowest BCUT2D eigenvalue weighted by Gasteiger charge is -2.44. The van der Waals surface area contributed by atoms with Crippen molar-refractivity contribution >= 4 is 0 Å². The SMILES string of the molecule is CCc1cc(C2(c3ccc(O)c(CC)c3)CC3CC2C2CCCC32)ccc1O. The summed E-state index contributed by atoms with van der Waals surface area (Å²) in [5.41, 5.74) is 4.90. The van der Waals surface area contributed by atoms with Gasteiger partial charge in [-0.1, -0.05) is 44.5 Å². The molecule has 2 bridgehead atoms. The fourth-order valence-corrected chi connectivity index (χ4v) is 7.27. The quantitative estimate of drug-likeness (QED) is 0.691. The Balaban J connectivity index is 1.70. The number of aryl methyl sites for hydroxylation is 2. The molecule has 2 nitrogen and oxygen atoms in total. The molecule has 148 valence electrons. The zero-order valence-corrected chi connectivity index (χ0v) is 17.1. The van der Waals surface area contributed by atoms with Gasteiger partial charge in [0.1, 0.15) is 11.5 Å². The molecule has 4 atom stereocenters. The van der Waals surface area contributed by atoms with E-state index in [1.54, 1.807) is 0 Å². The van der Waals surface area contributed by atoms with Crippen molar-refractivity contribution < 1.29 is 10.2 Å². The van der Waals surface area contributed by atoms with Gasteiger partial charge >= 0.3 is 0 Å². The Labute approximate surface area is 168 Å². The van der Waals surface area contributed by atoms with Gasteiger partial charge in [0, 0.05) is 5.41 Å². The summed E-state index contributed by atoms with van der Waals surface area (Å²) in [5, 5.41) is 20.6. The second-order valence-corrected chi connectivity index (χ2v) is 9.43. The molecule has 0 saturated heterocycles. The van der Waals surface area contributed by atoms with Crippen LogP contribution in [-0.4, -0.2) is 10.2 Å². The molecule has 2 aromatic rings. The second kappa shape index (κ2) is 6.54. The Hall–Kier alpha value is -1.96. The summed E-state index contributed by atoms with van der Waals surface area (Å²) >= 11 is 0.